The molecule has 1 saturated heterocycles. The van der Waals surface area contributed by atoms with Crippen LogP contribution in [-0.4, -0.2) is 45.5 Å². The Morgan fingerprint density at radius 2 is 1.88 bits per heavy atom. The number of nitrogens with zero attached hydrogens (tertiary/aromatic N) is 6. The molecule has 25 heavy (non-hydrogen) atoms. The Kier molecular flexibility index (Phi) is 7.37. The Bertz CT molecular complexity index is 689. The first-order chi connectivity index (χ1) is 11.7. The summed E-state index contributed by atoms with van der Waals surface area (Å²) < 4.78 is 15.9. The first-order valence-electron chi connectivity index (χ1n) is 7.31. The number of aromatic nitrogens is 4. The second-order valence-corrected chi connectivity index (χ2v) is 5.01. The van der Waals surface area contributed by atoms with Crippen LogP contribution in [0.4, 0.5) is 10.1 Å². The molecule has 1 aliphatic heterocycles. The zero-order chi connectivity index (χ0) is 16.8. The van der Waals surface area contributed by atoms with E-state index in [2.05, 4.69) is 21.8 Å². The van der Waals surface area contributed by atoms with Gasteiger partial charge in [0, 0.05) is 37.7 Å². The van der Waals surface area contributed by atoms with Crippen molar-refractivity contribution in [1.82, 2.24) is 29.9 Å². The largest absolute Gasteiger partial charge is 2.00 e. The molecule has 1 N–H and O–H groups in total. The standard InChI is InChI=1S/C9H10FN3.C6H6BN4.Pt/c1-12-6-7-13(11-12)9-4-2-8(10)3-5-9;1-3-8-10(5-1)7-11-6-2-4-9-11;/h2-4,7,11H,6H2,1H3;1-6H;/q-2;;+2. The first-order valence-corrected chi connectivity index (χ1v) is 7.31. The van der Waals surface area contributed by atoms with Gasteiger partial charge in [-0.2, -0.15) is 16.3 Å². The van der Waals surface area contributed by atoms with Crippen LogP contribution < -0.4 is 10.5 Å². The minimum Gasteiger partial charge on any atom is -0.465 e. The molecule has 3 heterocycles. The average molecular weight is 519 g/mol. The Morgan fingerprint density at radius 1 is 1.20 bits per heavy atom. The van der Waals surface area contributed by atoms with Crippen LogP contribution in [0.2, 0.25) is 0 Å². The molecule has 0 saturated carbocycles. The number of benzene rings is 1. The number of anilines is 1. The topological polar surface area (TPSA) is 54.1 Å². The molecule has 0 atom stereocenters. The molecule has 7 nitrogen and oxygen atoms in total. The Labute approximate surface area is 160 Å². The maximum atomic E-state index is 12.6. The number of hydrogen-bond donors (Lipinski definition) is 1. The fourth-order valence-electron chi connectivity index (χ4n) is 1.99. The number of halogens is 1. The zero-order valence-electron chi connectivity index (χ0n) is 13.4. The smallest absolute Gasteiger partial charge is 0.465 e. The summed E-state index contributed by atoms with van der Waals surface area (Å²) in [5, 5.41) is 11.7. The molecule has 1 aliphatic rings. The van der Waals surface area contributed by atoms with Gasteiger partial charge in [0.05, 0.1) is 0 Å². The van der Waals surface area contributed by atoms with E-state index in [1.54, 1.807) is 40.2 Å². The van der Waals surface area contributed by atoms with Crippen LogP contribution in [0, 0.1) is 18.4 Å². The van der Waals surface area contributed by atoms with E-state index < -0.39 is 0 Å². The molecule has 3 aromatic rings. The number of hydrogen-bond acceptors (Lipinski definition) is 5. The predicted octanol–water partition coefficient (Wildman–Crippen LogP) is 0.967. The van der Waals surface area contributed by atoms with Crippen molar-refractivity contribution in [2.45, 2.75) is 0 Å². The van der Waals surface area contributed by atoms with Gasteiger partial charge in [-0.15, -0.1) is 18.2 Å². The van der Waals surface area contributed by atoms with Gasteiger partial charge in [0.2, 0.25) is 0 Å². The zero-order valence-corrected chi connectivity index (χ0v) is 15.7. The van der Waals surface area contributed by atoms with Crippen LogP contribution in [0.1, 0.15) is 0 Å². The van der Waals surface area contributed by atoms with Crippen LogP contribution in [0.5, 0.6) is 0 Å². The van der Waals surface area contributed by atoms with Gasteiger partial charge in [0.25, 0.3) is 0 Å². The van der Waals surface area contributed by atoms with Crippen molar-refractivity contribution < 1.29 is 25.5 Å². The number of nitrogens with one attached hydrogen (secondary N) is 1. The summed E-state index contributed by atoms with van der Waals surface area (Å²) in [7, 11) is 3.71. The predicted molar refractivity (Wildman–Crippen MR) is 88.8 cm³/mol. The number of hydrazine groups is 2. The van der Waals surface area contributed by atoms with Crippen molar-refractivity contribution in [1.29, 1.82) is 0 Å². The van der Waals surface area contributed by atoms with E-state index in [0.29, 0.717) is 0 Å². The Morgan fingerprint density at radius 3 is 2.32 bits per heavy atom. The normalized spacial score (nSPS) is 13.8. The van der Waals surface area contributed by atoms with Gasteiger partial charge in [-0.3, -0.25) is 18.6 Å². The maximum absolute atomic E-state index is 12.6. The molecule has 1 aromatic carbocycles. The van der Waals surface area contributed by atoms with Crippen molar-refractivity contribution in [3.05, 3.63) is 73.5 Å². The summed E-state index contributed by atoms with van der Waals surface area (Å²) in [6.07, 6.45) is 7.14. The fraction of sp³-hybridized carbons (Fsp3) is 0.133. The summed E-state index contributed by atoms with van der Waals surface area (Å²) in [4.78, 5) is 0. The van der Waals surface area contributed by atoms with E-state index in [-0.39, 0.29) is 26.9 Å². The van der Waals surface area contributed by atoms with Crippen molar-refractivity contribution in [2.24, 2.45) is 0 Å². The monoisotopic (exact) mass is 519 g/mol. The van der Waals surface area contributed by atoms with E-state index >= 15 is 0 Å². The van der Waals surface area contributed by atoms with Crippen LogP contribution in [0.25, 0.3) is 0 Å². The van der Waals surface area contributed by atoms with Crippen molar-refractivity contribution in [3.63, 3.8) is 0 Å². The van der Waals surface area contributed by atoms with Gasteiger partial charge in [-0.25, -0.2) is 12.1 Å². The van der Waals surface area contributed by atoms with Crippen LogP contribution in [-0.2, 0) is 21.1 Å². The molecule has 0 amide bonds. The molecule has 0 aliphatic carbocycles. The van der Waals surface area contributed by atoms with E-state index in [0.717, 1.165) is 12.2 Å². The van der Waals surface area contributed by atoms with Gasteiger partial charge in [-0.1, -0.05) is 12.2 Å². The molecule has 1 fully saturated rings. The number of rotatable bonds is 3. The Balaban J connectivity index is 0.000000175. The third-order valence-electron chi connectivity index (χ3n) is 3.12. The molecule has 0 spiro atoms. The molecule has 2 aromatic heterocycles. The Hall–Kier alpha value is -1.96. The van der Waals surface area contributed by atoms with Gasteiger partial charge in [-0.05, 0) is 12.1 Å². The van der Waals surface area contributed by atoms with Crippen molar-refractivity contribution in [3.8, 4) is 0 Å². The van der Waals surface area contributed by atoms with Gasteiger partial charge in [0.1, 0.15) is 0 Å². The number of likely N-dealkylation sites (N-methyl/N-ethyl adjacent to an activating group) is 1. The summed E-state index contributed by atoms with van der Waals surface area (Å²) in [5.41, 5.74) is 3.86. The van der Waals surface area contributed by atoms with E-state index in [1.807, 2.05) is 43.1 Å². The quantitative estimate of drug-likeness (QED) is 0.413. The molecule has 4 rings (SSSR count). The summed E-state index contributed by atoms with van der Waals surface area (Å²) >= 11 is 0. The third-order valence-corrected chi connectivity index (χ3v) is 3.12. The minimum absolute atomic E-state index is 0. The molecule has 131 valence electrons. The maximum Gasteiger partial charge on any atom is 2.00 e. The van der Waals surface area contributed by atoms with E-state index in [4.69, 9.17) is 0 Å². The molecule has 10 heteroatoms. The summed E-state index contributed by atoms with van der Waals surface area (Å²) in [5.74, 6) is -0.267. The summed E-state index contributed by atoms with van der Waals surface area (Å²) in [6.45, 7) is 2.79. The van der Waals surface area contributed by atoms with Crippen molar-refractivity contribution in [2.75, 3.05) is 18.6 Å². The van der Waals surface area contributed by atoms with Gasteiger partial charge in [0.15, 0.2) is 0 Å². The second-order valence-electron chi connectivity index (χ2n) is 5.01. The van der Waals surface area contributed by atoms with Crippen LogP contribution in [0.15, 0.2) is 55.1 Å². The third kappa shape index (κ3) is 5.81. The van der Waals surface area contributed by atoms with Gasteiger partial charge < -0.3 is 5.01 Å². The van der Waals surface area contributed by atoms with E-state index in [9.17, 15) is 4.39 Å². The van der Waals surface area contributed by atoms with E-state index in [1.165, 1.54) is 12.1 Å². The molecule has 0 unspecified atom stereocenters. The fourth-order valence-corrected chi connectivity index (χ4v) is 1.99. The molecule has 1 radical (unpaired) electrons. The minimum atomic E-state index is -0.267. The van der Waals surface area contributed by atoms with Gasteiger partial charge >= 0.3 is 28.6 Å². The molecular weight excluding hydrogens is 503 g/mol. The molecule has 0 bridgehead atoms. The van der Waals surface area contributed by atoms with Crippen LogP contribution >= 0.6 is 0 Å². The summed E-state index contributed by atoms with van der Waals surface area (Å²) in [6, 6.07) is 11.0. The second kappa shape index (κ2) is 9.51. The van der Waals surface area contributed by atoms with Crippen molar-refractivity contribution >= 4 is 13.2 Å². The average Bonchev–Trinajstić information content (AvgIpc) is 3.32. The SMILES string of the molecule is CN1C[CH-]N(c2[c-]cc(F)cc2)N1.[B](n1cccn1)n1cccn1.[Pt+2]. The molecular formula is C15H16BFN7Pt. The first kappa shape index (κ1) is 19.4. The van der Waals surface area contributed by atoms with Crippen LogP contribution in [0.3, 0.4) is 0 Å².